The molecule has 1 aliphatic carbocycles. The van der Waals surface area contributed by atoms with Gasteiger partial charge in [-0.3, -0.25) is 0 Å². The number of hydrogen-bond donors (Lipinski definition) is 0. The molecule has 1 aromatic carbocycles. The Hall–Kier alpha value is -2.35. The smallest absolute Gasteiger partial charge is 0.277 e. The lowest BCUT2D eigenvalue weighted by molar-refractivity contribution is 0.375. The van der Waals surface area contributed by atoms with E-state index in [-0.39, 0.29) is 0 Å². The van der Waals surface area contributed by atoms with Crippen molar-refractivity contribution >= 4 is 11.8 Å². The third kappa shape index (κ3) is 3.07. The average Bonchev–Trinajstić information content (AvgIpc) is 3.15. The fourth-order valence-electron chi connectivity index (χ4n) is 2.15. The molecule has 0 radical (unpaired) electrons. The van der Waals surface area contributed by atoms with Gasteiger partial charge in [0.2, 0.25) is 5.89 Å². The van der Waals surface area contributed by atoms with Crippen molar-refractivity contribution in [3.8, 4) is 17.2 Å². The van der Waals surface area contributed by atoms with Crippen molar-refractivity contribution in [2.75, 3.05) is 7.11 Å². The summed E-state index contributed by atoms with van der Waals surface area (Å²) in [5, 5.41) is 12.5. The number of aromatic nitrogens is 4. The van der Waals surface area contributed by atoms with Crippen LogP contribution in [0, 0.1) is 0 Å². The maximum Gasteiger partial charge on any atom is 0.277 e. The second-order valence-electron chi connectivity index (χ2n) is 5.19. The van der Waals surface area contributed by atoms with Crippen LogP contribution in [0.25, 0.3) is 11.5 Å². The fourth-order valence-corrected chi connectivity index (χ4v) is 2.75. The highest BCUT2D eigenvalue weighted by atomic mass is 32.2. The standard InChI is InChI=1S/C15H14N4O3S/c1-20-11-5-3-2-4-10(11)14-17-18-15(21-14)23-8-12-16-13(22-19-12)9-6-7-9/h2-5,9H,6-8H2,1H3. The van der Waals surface area contributed by atoms with E-state index in [0.29, 0.717) is 34.4 Å². The van der Waals surface area contributed by atoms with E-state index >= 15 is 0 Å². The highest BCUT2D eigenvalue weighted by Crippen LogP contribution is 2.39. The average molecular weight is 330 g/mol. The van der Waals surface area contributed by atoms with Gasteiger partial charge in [0.05, 0.1) is 18.4 Å². The Kier molecular flexibility index (Phi) is 3.74. The quantitative estimate of drug-likeness (QED) is 0.636. The number of thioether (sulfide) groups is 1. The topological polar surface area (TPSA) is 87.1 Å². The van der Waals surface area contributed by atoms with Gasteiger partial charge in [-0.1, -0.05) is 29.1 Å². The molecule has 2 heterocycles. The molecular weight excluding hydrogens is 316 g/mol. The summed E-state index contributed by atoms with van der Waals surface area (Å²) in [5.41, 5.74) is 0.768. The first-order valence-corrected chi connectivity index (χ1v) is 8.24. The molecule has 1 aliphatic rings. The van der Waals surface area contributed by atoms with E-state index in [2.05, 4.69) is 20.3 Å². The molecule has 0 spiro atoms. The highest BCUT2D eigenvalue weighted by molar-refractivity contribution is 7.98. The molecule has 8 heteroatoms. The van der Waals surface area contributed by atoms with Crippen LogP contribution >= 0.6 is 11.8 Å². The molecule has 4 rings (SSSR count). The van der Waals surface area contributed by atoms with Crippen molar-refractivity contribution in [3.63, 3.8) is 0 Å². The predicted molar refractivity (Wildman–Crippen MR) is 82.1 cm³/mol. The van der Waals surface area contributed by atoms with Gasteiger partial charge in [-0.15, -0.1) is 10.2 Å². The Bertz CT molecular complexity index is 812. The molecule has 118 valence electrons. The molecular formula is C15H14N4O3S. The molecule has 3 aromatic rings. The molecule has 1 fully saturated rings. The van der Waals surface area contributed by atoms with Crippen LogP contribution < -0.4 is 4.74 Å². The molecule has 0 unspecified atom stereocenters. The zero-order valence-electron chi connectivity index (χ0n) is 12.4. The maximum atomic E-state index is 5.68. The number of benzene rings is 1. The first-order chi connectivity index (χ1) is 11.3. The SMILES string of the molecule is COc1ccccc1-c1nnc(SCc2noc(C3CC3)n2)o1. The van der Waals surface area contributed by atoms with Crippen molar-refractivity contribution in [1.82, 2.24) is 20.3 Å². The lowest BCUT2D eigenvalue weighted by atomic mass is 10.2. The van der Waals surface area contributed by atoms with Crippen molar-refractivity contribution < 1.29 is 13.7 Å². The highest BCUT2D eigenvalue weighted by Gasteiger charge is 2.29. The van der Waals surface area contributed by atoms with Gasteiger partial charge >= 0.3 is 0 Å². The monoisotopic (exact) mass is 330 g/mol. The van der Waals surface area contributed by atoms with E-state index in [1.807, 2.05) is 24.3 Å². The van der Waals surface area contributed by atoms with Crippen LogP contribution in [0.3, 0.4) is 0 Å². The van der Waals surface area contributed by atoms with Gasteiger partial charge in [0.15, 0.2) is 5.82 Å². The lowest BCUT2D eigenvalue weighted by Gasteiger charge is -2.03. The number of nitrogens with zero attached hydrogens (tertiary/aromatic N) is 4. The summed E-state index contributed by atoms with van der Waals surface area (Å²) in [6, 6.07) is 7.52. The molecule has 0 saturated heterocycles. The third-order valence-corrected chi connectivity index (χ3v) is 4.29. The molecule has 2 aromatic heterocycles. The Labute approximate surface area is 136 Å². The number of rotatable bonds is 6. The summed E-state index contributed by atoms with van der Waals surface area (Å²) in [4.78, 5) is 4.37. The number of methoxy groups -OCH3 is 1. The molecule has 7 nitrogen and oxygen atoms in total. The predicted octanol–water partition coefficient (Wildman–Crippen LogP) is 3.30. The zero-order chi connectivity index (χ0) is 15.6. The minimum atomic E-state index is 0.428. The van der Waals surface area contributed by atoms with Gasteiger partial charge in [-0.25, -0.2) is 0 Å². The maximum absolute atomic E-state index is 5.68. The van der Waals surface area contributed by atoms with Crippen molar-refractivity contribution in [2.24, 2.45) is 0 Å². The zero-order valence-corrected chi connectivity index (χ0v) is 13.2. The minimum absolute atomic E-state index is 0.428. The van der Waals surface area contributed by atoms with E-state index in [4.69, 9.17) is 13.7 Å². The van der Waals surface area contributed by atoms with Crippen LogP contribution in [0.1, 0.15) is 30.5 Å². The molecule has 0 bridgehead atoms. The van der Waals surface area contributed by atoms with E-state index in [0.717, 1.165) is 24.3 Å². The number of hydrogen-bond acceptors (Lipinski definition) is 8. The molecule has 0 amide bonds. The minimum Gasteiger partial charge on any atom is -0.496 e. The summed E-state index contributed by atoms with van der Waals surface area (Å²) in [5.74, 6) is 3.50. The second-order valence-corrected chi connectivity index (χ2v) is 6.11. The first kappa shape index (κ1) is 14.3. The second kappa shape index (κ2) is 6.04. The first-order valence-electron chi connectivity index (χ1n) is 7.25. The van der Waals surface area contributed by atoms with Crippen LogP contribution in [-0.2, 0) is 5.75 Å². The molecule has 1 saturated carbocycles. The summed E-state index contributed by atoms with van der Waals surface area (Å²) in [6.45, 7) is 0. The van der Waals surface area contributed by atoms with Gasteiger partial charge in [-0.2, -0.15) is 4.98 Å². The molecule has 0 N–H and O–H groups in total. The summed E-state index contributed by atoms with van der Waals surface area (Å²) >= 11 is 1.38. The Morgan fingerprint density at radius 3 is 2.96 bits per heavy atom. The van der Waals surface area contributed by atoms with Crippen molar-refractivity contribution in [3.05, 3.63) is 36.0 Å². The van der Waals surface area contributed by atoms with Gasteiger partial charge in [0.1, 0.15) is 5.75 Å². The summed E-state index contributed by atoms with van der Waals surface area (Å²) in [6.07, 6.45) is 2.28. The van der Waals surface area contributed by atoms with E-state index in [1.54, 1.807) is 7.11 Å². The van der Waals surface area contributed by atoms with Crippen LogP contribution in [0.4, 0.5) is 0 Å². The molecule has 0 aliphatic heterocycles. The number of para-hydroxylation sites is 1. The van der Waals surface area contributed by atoms with Gasteiger partial charge < -0.3 is 13.7 Å². The normalized spacial score (nSPS) is 14.1. The Morgan fingerprint density at radius 1 is 1.26 bits per heavy atom. The van der Waals surface area contributed by atoms with Crippen LogP contribution in [0.2, 0.25) is 0 Å². The Balaban J connectivity index is 1.45. The van der Waals surface area contributed by atoms with Crippen molar-refractivity contribution in [1.29, 1.82) is 0 Å². The molecule has 0 atom stereocenters. The van der Waals surface area contributed by atoms with Gasteiger partial charge in [-0.05, 0) is 25.0 Å². The molecule has 23 heavy (non-hydrogen) atoms. The largest absolute Gasteiger partial charge is 0.496 e. The number of ether oxygens (including phenoxy) is 1. The van der Waals surface area contributed by atoms with E-state index < -0.39 is 0 Å². The van der Waals surface area contributed by atoms with Crippen molar-refractivity contribution in [2.45, 2.75) is 29.7 Å². The fraction of sp³-hybridized carbons (Fsp3) is 0.333. The van der Waals surface area contributed by atoms with Crippen LogP contribution in [-0.4, -0.2) is 27.4 Å². The summed E-state index contributed by atoms with van der Waals surface area (Å²) in [7, 11) is 1.61. The Morgan fingerprint density at radius 2 is 2.13 bits per heavy atom. The van der Waals surface area contributed by atoms with Crippen LogP contribution in [0.15, 0.2) is 38.4 Å². The van der Waals surface area contributed by atoms with Gasteiger partial charge in [0.25, 0.3) is 11.1 Å². The van der Waals surface area contributed by atoms with Crippen LogP contribution in [0.5, 0.6) is 5.75 Å². The van der Waals surface area contributed by atoms with E-state index in [1.165, 1.54) is 11.8 Å². The lowest BCUT2D eigenvalue weighted by Crippen LogP contribution is -1.87. The summed E-state index contributed by atoms with van der Waals surface area (Å²) < 4.78 is 16.2. The third-order valence-electron chi connectivity index (χ3n) is 3.48. The van der Waals surface area contributed by atoms with E-state index in [9.17, 15) is 0 Å². The van der Waals surface area contributed by atoms with Gasteiger partial charge in [0, 0.05) is 5.92 Å².